The first-order chi connectivity index (χ1) is 8.97. The molecule has 5 heteroatoms. The standard InChI is InChI=1S/C14H27N3OS/c1-6-17(7-2)9-13(18)8-15-10(3)14-11(4)16-12(5)19-14/h10,13,15,18H,6-9H2,1-5H3. The smallest absolute Gasteiger partial charge is 0.0900 e. The number of hydrogen-bond acceptors (Lipinski definition) is 5. The normalized spacial score (nSPS) is 14.9. The maximum atomic E-state index is 10.0. The predicted octanol–water partition coefficient (Wildman–Crippen LogP) is 2.11. The van der Waals surface area contributed by atoms with Gasteiger partial charge in [-0.25, -0.2) is 4.98 Å². The van der Waals surface area contributed by atoms with Gasteiger partial charge in [0.15, 0.2) is 0 Å². The maximum absolute atomic E-state index is 10.0. The van der Waals surface area contributed by atoms with Crippen LogP contribution in [0.3, 0.4) is 0 Å². The van der Waals surface area contributed by atoms with Gasteiger partial charge in [0.05, 0.1) is 16.8 Å². The number of rotatable bonds is 8. The van der Waals surface area contributed by atoms with E-state index < -0.39 is 0 Å². The van der Waals surface area contributed by atoms with Gasteiger partial charge in [0.25, 0.3) is 0 Å². The number of nitrogens with zero attached hydrogens (tertiary/aromatic N) is 2. The van der Waals surface area contributed by atoms with E-state index in [1.807, 2.05) is 13.8 Å². The number of aliphatic hydroxyl groups is 1. The van der Waals surface area contributed by atoms with Crippen molar-refractivity contribution in [2.75, 3.05) is 26.2 Å². The second-order valence-electron chi connectivity index (χ2n) is 4.95. The molecule has 0 radical (unpaired) electrons. The van der Waals surface area contributed by atoms with E-state index in [1.54, 1.807) is 11.3 Å². The molecule has 0 aliphatic carbocycles. The zero-order valence-electron chi connectivity index (χ0n) is 12.7. The van der Waals surface area contributed by atoms with Gasteiger partial charge in [0.2, 0.25) is 0 Å². The van der Waals surface area contributed by atoms with Crippen LogP contribution in [0.25, 0.3) is 0 Å². The van der Waals surface area contributed by atoms with Crippen LogP contribution in [0.1, 0.15) is 42.4 Å². The molecule has 0 amide bonds. The van der Waals surface area contributed by atoms with Crippen molar-refractivity contribution in [1.29, 1.82) is 0 Å². The molecule has 1 heterocycles. The minimum absolute atomic E-state index is 0.248. The molecule has 0 aromatic carbocycles. The molecule has 0 spiro atoms. The lowest BCUT2D eigenvalue weighted by molar-refractivity contribution is 0.114. The fourth-order valence-electron chi connectivity index (χ4n) is 2.20. The van der Waals surface area contributed by atoms with Crippen molar-refractivity contribution in [3.05, 3.63) is 15.6 Å². The minimum Gasteiger partial charge on any atom is -0.390 e. The lowest BCUT2D eigenvalue weighted by Crippen LogP contribution is -2.38. The zero-order valence-corrected chi connectivity index (χ0v) is 13.5. The van der Waals surface area contributed by atoms with Crippen LogP contribution < -0.4 is 5.32 Å². The van der Waals surface area contributed by atoms with Crippen molar-refractivity contribution in [1.82, 2.24) is 15.2 Å². The fraction of sp³-hybridized carbons (Fsp3) is 0.786. The van der Waals surface area contributed by atoms with E-state index in [-0.39, 0.29) is 12.1 Å². The average molecular weight is 285 g/mol. The van der Waals surface area contributed by atoms with Gasteiger partial charge in [0.1, 0.15) is 0 Å². The number of nitrogens with one attached hydrogen (secondary N) is 1. The molecule has 0 saturated heterocycles. The summed E-state index contributed by atoms with van der Waals surface area (Å²) in [6, 6.07) is 0.248. The van der Waals surface area contributed by atoms with E-state index in [4.69, 9.17) is 0 Å². The maximum Gasteiger partial charge on any atom is 0.0900 e. The van der Waals surface area contributed by atoms with Crippen LogP contribution in [0.2, 0.25) is 0 Å². The van der Waals surface area contributed by atoms with Crippen molar-refractivity contribution in [2.24, 2.45) is 0 Å². The molecular formula is C14H27N3OS. The first-order valence-electron chi connectivity index (χ1n) is 7.05. The quantitative estimate of drug-likeness (QED) is 0.768. The third kappa shape index (κ3) is 5.18. The molecule has 2 N–H and O–H groups in total. The highest BCUT2D eigenvalue weighted by Gasteiger charge is 2.15. The molecule has 2 atom stereocenters. The molecule has 1 rings (SSSR count). The van der Waals surface area contributed by atoms with E-state index in [9.17, 15) is 5.11 Å². The lowest BCUT2D eigenvalue weighted by atomic mass is 10.2. The summed E-state index contributed by atoms with van der Waals surface area (Å²) in [5.41, 5.74) is 1.10. The Morgan fingerprint density at radius 2 is 1.95 bits per heavy atom. The van der Waals surface area contributed by atoms with Crippen molar-refractivity contribution in [3.63, 3.8) is 0 Å². The minimum atomic E-state index is -0.323. The van der Waals surface area contributed by atoms with Crippen molar-refractivity contribution < 1.29 is 5.11 Å². The summed E-state index contributed by atoms with van der Waals surface area (Å²) in [6.45, 7) is 13.8. The Kier molecular flexibility index (Phi) is 6.93. The van der Waals surface area contributed by atoms with E-state index in [0.717, 1.165) is 30.3 Å². The molecule has 1 aromatic rings. The van der Waals surface area contributed by atoms with Gasteiger partial charge in [-0.2, -0.15) is 0 Å². The number of hydrogen-bond donors (Lipinski definition) is 2. The number of likely N-dealkylation sites (N-methyl/N-ethyl adjacent to an activating group) is 1. The van der Waals surface area contributed by atoms with Gasteiger partial charge >= 0.3 is 0 Å². The summed E-state index contributed by atoms with van der Waals surface area (Å²) in [5.74, 6) is 0. The average Bonchev–Trinajstić information content (AvgIpc) is 2.72. The number of aromatic nitrogens is 1. The van der Waals surface area contributed by atoms with Gasteiger partial charge in [-0.3, -0.25) is 0 Å². The second-order valence-corrected chi connectivity index (χ2v) is 6.19. The molecule has 0 bridgehead atoms. The molecule has 0 fully saturated rings. The van der Waals surface area contributed by atoms with Gasteiger partial charge in [-0.1, -0.05) is 13.8 Å². The van der Waals surface area contributed by atoms with E-state index >= 15 is 0 Å². The number of aryl methyl sites for hydroxylation is 2. The Morgan fingerprint density at radius 3 is 2.42 bits per heavy atom. The summed E-state index contributed by atoms with van der Waals surface area (Å²) < 4.78 is 0. The van der Waals surface area contributed by atoms with Crippen molar-refractivity contribution >= 4 is 11.3 Å². The van der Waals surface area contributed by atoms with Crippen molar-refractivity contribution in [2.45, 2.75) is 46.8 Å². The lowest BCUT2D eigenvalue weighted by Gasteiger charge is -2.23. The van der Waals surface area contributed by atoms with Crippen molar-refractivity contribution in [3.8, 4) is 0 Å². The summed E-state index contributed by atoms with van der Waals surface area (Å²) in [6.07, 6.45) is -0.323. The first-order valence-corrected chi connectivity index (χ1v) is 7.87. The first kappa shape index (κ1) is 16.6. The summed E-state index contributed by atoms with van der Waals surface area (Å²) in [5, 5.41) is 14.5. The Bertz CT molecular complexity index is 377. The molecule has 0 aliphatic rings. The molecule has 4 nitrogen and oxygen atoms in total. The highest BCUT2D eigenvalue weighted by atomic mass is 32.1. The Labute approximate surface area is 120 Å². The van der Waals surface area contributed by atoms with Gasteiger partial charge in [0, 0.05) is 24.0 Å². The fourth-order valence-corrected chi connectivity index (χ4v) is 3.15. The third-order valence-corrected chi connectivity index (χ3v) is 4.61. The Balaban J connectivity index is 2.41. The summed E-state index contributed by atoms with van der Waals surface area (Å²) >= 11 is 1.73. The van der Waals surface area contributed by atoms with Crippen LogP contribution in [0, 0.1) is 13.8 Å². The van der Waals surface area contributed by atoms with E-state index in [1.165, 1.54) is 4.88 Å². The summed E-state index contributed by atoms with van der Waals surface area (Å²) in [4.78, 5) is 7.95. The molecule has 19 heavy (non-hydrogen) atoms. The van der Waals surface area contributed by atoms with Crippen LogP contribution >= 0.6 is 11.3 Å². The van der Waals surface area contributed by atoms with E-state index in [0.29, 0.717) is 6.54 Å². The summed E-state index contributed by atoms with van der Waals surface area (Å²) in [7, 11) is 0. The molecular weight excluding hydrogens is 258 g/mol. The molecule has 0 aliphatic heterocycles. The van der Waals surface area contributed by atoms with Crippen LogP contribution in [-0.4, -0.2) is 47.3 Å². The van der Waals surface area contributed by atoms with Crippen LogP contribution in [0.15, 0.2) is 0 Å². The van der Waals surface area contributed by atoms with Crippen LogP contribution in [0.4, 0.5) is 0 Å². The van der Waals surface area contributed by atoms with Gasteiger partial charge in [-0.15, -0.1) is 11.3 Å². The van der Waals surface area contributed by atoms with Gasteiger partial charge in [-0.05, 0) is 33.9 Å². The van der Waals surface area contributed by atoms with Gasteiger partial charge < -0.3 is 15.3 Å². The number of aliphatic hydroxyl groups excluding tert-OH is 1. The second kappa shape index (κ2) is 7.94. The van der Waals surface area contributed by atoms with Crippen LogP contribution in [0.5, 0.6) is 0 Å². The Hall–Kier alpha value is -0.490. The number of thiazole rings is 1. The topological polar surface area (TPSA) is 48.4 Å². The molecule has 1 aromatic heterocycles. The van der Waals surface area contributed by atoms with E-state index in [2.05, 4.69) is 36.0 Å². The zero-order chi connectivity index (χ0) is 14.4. The molecule has 0 saturated carbocycles. The monoisotopic (exact) mass is 285 g/mol. The Morgan fingerprint density at radius 1 is 1.32 bits per heavy atom. The predicted molar refractivity (Wildman–Crippen MR) is 81.8 cm³/mol. The highest BCUT2D eigenvalue weighted by molar-refractivity contribution is 7.11. The molecule has 110 valence electrons. The van der Waals surface area contributed by atoms with Crippen LogP contribution in [-0.2, 0) is 0 Å². The SMILES string of the molecule is CCN(CC)CC(O)CNC(C)c1sc(C)nc1C. The molecule has 2 unspecified atom stereocenters. The largest absolute Gasteiger partial charge is 0.390 e. The third-order valence-electron chi connectivity index (χ3n) is 3.36. The highest BCUT2D eigenvalue weighted by Crippen LogP contribution is 2.24.